The summed E-state index contributed by atoms with van der Waals surface area (Å²) in [6.07, 6.45) is -0.278. The van der Waals surface area contributed by atoms with Crippen LogP contribution in [0.1, 0.15) is 34.8 Å². The topological polar surface area (TPSA) is 80.0 Å². The van der Waals surface area contributed by atoms with Crippen LogP contribution in [0, 0.1) is 6.92 Å². The molecule has 1 aromatic carbocycles. The van der Waals surface area contributed by atoms with E-state index in [-0.39, 0.29) is 17.9 Å². The van der Waals surface area contributed by atoms with Crippen molar-refractivity contribution in [3.05, 3.63) is 58.6 Å². The molecule has 3 aromatic rings. The molecule has 12 heteroatoms. The maximum absolute atomic E-state index is 13.5. The number of carbonyl (C=O) groups is 1. The molecule has 1 fully saturated rings. The molecule has 1 aliphatic heterocycles. The highest BCUT2D eigenvalue weighted by atomic mass is 35.5. The van der Waals surface area contributed by atoms with E-state index in [0.29, 0.717) is 43.5 Å². The number of hydrogen-bond donors (Lipinski definition) is 0. The SMILES string of the molecule is Cc1ccc(-n2nccn2)c(C(=O)N2CCN(c3ncc(C(F)(F)F)c(Cl)n3)CC[C@@H]2C)c1. The van der Waals surface area contributed by atoms with Crippen LogP contribution in [0.5, 0.6) is 0 Å². The van der Waals surface area contributed by atoms with E-state index in [0.717, 1.165) is 5.56 Å². The van der Waals surface area contributed by atoms with Crippen LogP contribution in [0.15, 0.2) is 36.8 Å². The van der Waals surface area contributed by atoms with Crippen LogP contribution in [0.2, 0.25) is 5.15 Å². The number of carbonyl (C=O) groups excluding carboxylic acids is 1. The zero-order chi connectivity index (χ0) is 23.8. The van der Waals surface area contributed by atoms with Crippen molar-refractivity contribution in [3.63, 3.8) is 0 Å². The Morgan fingerprint density at radius 1 is 1.15 bits per heavy atom. The Hall–Kier alpha value is -3.21. The summed E-state index contributed by atoms with van der Waals surface area (Å²) in [4.78, 5) is 26.2. The van der Waals surface area contributed by atoms with Crippen LogP contribution in [0.4, 0.5) is 19.1 Å². The van der Waals surface area contributed by atoms with E-state index in [2.05, 4.69) is 20.2 Å². The van der Waals surface area contributed by atoms with Crippen LogP contribution in [-0.4, -0.2) is 61.4 Å². The van der Waals surface area contributed by atoms with E-state index in [1.54, 1.807) is 21.9 Å². The molecule has 1 amide bonds. The van der Waals surface area contributed by atoms with Crippen LogP contribution in [0.25, 0.3) is 5.69 Å². The number of aryl methyl sites for hydroxylation is 1. The molecule has 2 aromatic heterocycles. The number of hydrogen-bond acceptors (Lipinski definition) is 6. The second kappa shape index (κ2) is 8.97. The first kappa shape index (κ1) is 23.0. The summed E-state index contributed by atoms with van der Waals surface area (Å²) < 4.78 is 38.9. The molecule has 174 valence electrons. The van der Waals surface area contributed by atoms with Gasteiger partial charge in [-0.1, -0.05) is 23.2 Å². The highest BCUT2D eigenvalue weighted by Gasteiger charge is 2.35. The maximum atomic E-state index is 13.5. The fraction of sp³-hybridized carbons (Fsp3) is 0.381. The number of alkyl halides is 3. The zero-order valence-corrected chi connectivity index (χ0v) is 18.7. The van der Waals surface area contributed by atoms with Crippen molar-refractivity contribution in [3.8, 4) is 5.69 Å². The summed E-state index contributed by atoms with van der Waals surface area (Å²) in [5, 5.41) is 7.64. The zero-order valence-electron chi connectivity index (χ0n) is 17.9. The van der Waals surface area contributed by atoms with Crippen LogP contribution in [0.3, 0.4) is 0 Å². The van der Waals surface area contributed by atoms with E-state index in [1.807, 2.05) is 19.9 Å². The molecule has 8 nitrogen and oxygen atoms in total. The van der Waals surface area contributed by atoms with Gasteiger partial charge in [0.2, 0.25) is 5.95 Å². The Morgan fingerprint density at radius 2 is 1.88 bits per heavy atom. The molecule has 0 saturated carbocycles. The van der Waals surface area contributed by atoms with Gasteiger partial charge in [0.25, 0.3) is 5.91 Å². The molecule has 0 spiro atoms. The summed E-state index contributed by atoms with van der Waals surface area (Å²) in [6.45, 7) is 4.98. The van der Waals surface area contributed by atoms with E-state index in [4.69, 9.17) is 11.6 Å². The van der Waals surface area contributed by atoms with Gasteiger partial charge in [-0.3, -0.25) is 4.79 Å². The molecule has 0 bridgehead atoms. The van der Waals surface area contributed by atoms with E-state index in [1.165, 1.54) is 17.2 Å². The maximum Gasteiger partial charge on any atom is 0.420 e. The molecular weight excluding hydrogens is 459 g/mol. The Bertz CT molecular complexity index is 1150. The Labute approximate surface area is 193 Å². The lowest BCUT2D eigenvalue weighted by atomic mass is 10.1. The normalized spacial score (nSPS) is 17.2. The Kier molecular flexibility index (Phi) is 6.24. The third kappa shape index (κ3) is 4.77. The number of aromatic nitrogens is 5. The number of anilines is 1. The quantitative estimate of drug-likeness (QED) is 0.532. The fourth-order valence-electron chi connectivity index (χ4n) is 3.75. The van der Waals surface area contributed by atoms with Gasteiger partial charge in [-0.25, -0.2) is 9.97 Å². The number of rotatable bonds is 3. The smallest absolute Gasteiger partial charge is 0.339 e. The predicted octanol–water partition coefficient (Wildman–Crippen LogP) is 3.78. The van der Waals surface area contributed by atoms with E-state index >= 15 is 0 Å². The second-order valence-electron chi connectivity index (χ2n) is 7.83. The van der Waals surface area contributed by atoms with Gasteiger partial charge in [0.15, 0.2) is 0 Å². The molecule has 0 radical (unpaired) electrons. The van der Waals surface area contributed by atoms with Crippen LogP contribution in [-0.2, 0) is 6.18 Å². The average molecular weight is 480 g/mol. The molecule has 1 aliphatic rings. The van der Waals surface area contributed by atoms with Crippen molar-refractivity contribution in [1.29, 1.82) is 0 Å². The van der Waals surface area contributed by atoms with Gasteiger partial charge >= 0.3 is 6.18 Å². The first-order valence-corrected chi connectivity index (χ1v) is 10.7. The summed E-state index contributed by atoms with van der Waals surface area (Å²) >= 11 is 5.77. The lowest BCUT2D eigenvalue weighted by molar-refractivity contribution is -0.137. The molecule has 33 heavy (non-hydrogen) atoms. The summed E-state index contributed by atoms with van der Waals surface area (Å²) in [5.74, 6) is -0.0711. The molecule has 0 unspecified atom stereocenters. The summed E-state index contributed by atoms with van der Waals surface area (Å²) in [7, 11) is 0. The third-order valence-corrected chi connectivity index (χ3v) is 5.84. The Morgan fingerprint density at radius 3 is 2.55 bits per heavy atom. The van der Waals surface area contributed by atoms with Gasteiger partial charge < -0.3 is 9.80 Å². The van der Waals surface area contributed by atoms with Crippen LogP contribution < -0.4 is 4.90 Å². The van der Waals surface area contributed by atoms with E-state index < -0.39 is 16.9 Å². The minimum Gasteiger partial charge on any atom is -0.339 e. The molecule has 0 aliphatic carbocycles. The molecule has 3 heterocycles. The Balaban J connectivity index is 1.57. The minimum atomic E-state index is -4.62. The molecule has 1 saturated heterocycles. The minimum absolute atomic E-state index is 0.103. The average Bonchev–Trinajstić information content (AvgIpc) is 3.22. The number of nitrogens with zero attached hydrogens (tertiary/aromatic N) is 7. The first-order valence-electron chi connectivity index (χ1n) is 10.3. The molecule has 4 rings (SSSR count). The molecule has 0 N–H and O–H groups in total. The van der Waals surface area contributed by atoms with Crippen molar-refractivity contribution in [2.45, 2.75) is 32.5 Å². The third-order valence-electron chi connectivity index (χ3n) is 5.55. The van der Waals surface area contributed by atoms with E-state index in [9.17, 15) is 18.0 Å². The van der Waals surface area contributed by atoms with Crippen LogP contribution >= 0.6 is 11.6 Å². The lowest BCUT2D eigenvalue weighted by Crippen LogP contribution is -2.40. The first-order chi connectivity index (χ1) is 15.6. The van der Waals surface area contributed by atoms with Crippen molar-refractivity contribution in [2.75, 3.05) is 24.5 Å². The highest BCUT2D eigenvalue weighted by molar-refractivity contribution is 6.30. The standard InChI is InChI=1S/C21H21ClF3N7O/c1-13-3-4-17(32-27-6-7-28-32)15(11-13)19(33)31-10-9-30(8-5-14(31)2)20-26-12-16(18(22)29-20)21(23,24)25/h3-4,6-7,11-12,14H,5,8-10H2,1-2H3/t14-/m0/s1. The largest absolute Gasteiger partial charge is 0.420 e. The lowest BCUT2D eigenvalue weighted by Gasteiger charge is -2.27. The number of benzene rings is 1. The van der Waals surface area contributed by atoms with Gasteiger partial charge in [-0.2, -0.15) is 28.2 Å². The van der Waals surface area contributed by atoms with Gasteiger partial charge in [0, 0.05) is 31.9 Å². The highest BCUT2D eigenvalue weighted by Crippen LogP contribution is 2.34. The fourth-order valence-corrected chi connectivity index (χ4v) is 3.98. The number of amides is 1. The molecular formula is C21H21ClF3N7O. The van der Waals surface area contributed by atoms with Crippen molar-refractivity contribution in [2.24, 2.45) is 0 Å². The summed E-state index contributed by atoms with van der Waals surface area (Å²) in [5.41, 5.74) is 0.889. The summed E-state index contributed by atoms with van der Waals surface area (Å²) in [6, 6.07) is 5.37. The monoisotopic (exact) mass is 479 g/mol. The number of halogens is 4. The second-order valence-corrected chi connectivity index (χ2v) is 8.19. The van der Waals surface area contributed by atoms with Crippen molar-refractivity contribution in [1.82, 2.24) is 29.9 Å². The van der Waals surface area contributed by atoms with Crippen molar-refractivity contribution >= 4 is 23.5 Å². The van der Waals surface area contributed by atoms with Gasteiger partial charge in [-0.15, -0.1) is 0 Å². The van der Waals surface area contributed by atoms with Gasteiger partial charge in [0.05, 0.1) is 23.6 Å². The molecule has 1 atom stereocenters. The van der Waals surface area contributed by atoms with Gasteiger partial charge in [-0.05, 0) is 32.4 Å². The van der Waals surface area contributed by atoms with Gasteiger partial charge in [0.1, 0.15) is 10.7 Å². The predicted molar refractivity (Wildman–Crippen MR) is 115 cm³/mol. The van der Waals surface area contributed by atoms with Crippen molar-refractivity contribution < 1.29 is 18.0 Å².